The quantitative estimate of drug-likeness (QED) is 0.397. The zero-order valence-corrected chi connectivity index (χ0v) is 14.4. The molecule has 1 rings (SSSR count). The van der Waals surface area contributed by atoms with Crippen LogP contribution in [0, 0.1) is 0 Å². The molecule has 1 aromatic carbocycles. The zero-order valence-electron chi connectivity index (χ0n) is 13.5. The van der Waals surface area contributed by atoms with Crippen molar-refractivity contribution in [3.05, 3.63) is 48.0 Å². The molecule has 1 aromatic rings. The molecule has 7 heteroatoms. The van der Waals surface area contributed by atoms with Gasteiger partial charge in [0.25, 0.3) is 0 Å². The summed E-state index contributed by atoms with van der Waals surface area (Å²) in [6, 6.07) is 7.06. The number of carboxylic acids is 1. The minimum absolute atomic E-state index is 0.157. The molecule has 0 aromatic heterocycles. The molecule has 0 saturated heterocycles. The van der Waals surface area contributed by atoms with Crippen molar-refractivity contribution < 1.29 is 19.5 Å². The standard InChI is InChI=1S/C17H22N2O4S/c1-11(2)15(20)18-13(8-9-24)16(21)19-14(17(22)23)10-12-6-4-3-5-7-12/h3-7,13-14,24H,1,8-10H2,2H3,(H,18,20)(H,19,21)(H,22,23)/t13?,14-/m1/s1. The molecule has 24 heavy (non-hydrogen) atoms. The highest BCUT2D eigenvalue weighted by molar-refractivity contribution is 7.80. The van der Waals surface area contributed by atoms with Gasteiger partial charge in [-0.25, -0.2) is 4.79 Å². The summed E-state index contributed by atoms with van der Waals surface area (Å²) in [4.78, 5) is 35.5. The van der Waals surface area contributed by atoms with E-state index in [2.05, 4.69) is 29.8 Å². The van der Waals surface area contributed by atoms with Gasteiger partial charge in [0, 0.05) is 12.0 Å². The van der Waals surface area contributed by atoms with E-state index < -0.39 is 29.9 Å². The number of carbonyl (C=O) groups is 3. The number of nitrogens with one attached hydrogen (secondary N) is 2. The maximum absolute atomic E-state index is 12.3. The van der Waals surface area contributed by atoms with E-state index in [0.717, 1.165) is 5.56 Å². The monoisotopic (exact) mass is 350 g/mol. The maximum Gasteiger partial charge on any atom is 0.326 e. The van der Waals surface area contributed by atoms with E-state index in [0.29, 0.717) is 5.75 Å². The second-order valence-electron chi connectivity index (χ2n) is 5.41. The van der Waals surface area contributed by atoms with Gasteiger partial charge in [-0.3, -0.25) is 9.59 Å². The van der Waals surface area contributed by atoms with Crippen LogP contribution in [-0.4, -0.2) is 40.7 Å². The minimum atomic E-state index is -1.14. The maximum atomic E-state index is 12.3. The molecule has 0 fully saturated rings. The smallest absolute Gasteiger partial charge is 0.326 e. The predicted octanol–water partition coefficient (Wildman–Crippen LogP) is 1.18. The summed E-state index contributed by atoms with van der Waals surface area (Å²) in [6.45, 7) is 5.04. The Labute approximate surface area is 146 Å². The van der Waals surface area contributed by atoms with Gasteiger partial charge < -0.3 is 15.7 Å². The molecule has 0 spiro atoms. The third kappa shape index (κ3) is 6.45. The molecule has 0 heterocycles. The molecule has 0 aliphatic carbocycles. The van der Waals surface area contributed by atoms with Crippen LogP contribution in [-0.2, 0) is 20.8 Å². The summed E-state index contributed by atoms with van der Waals surface area (Å²) in [5, 5.41) is 14.3. The van der Waals surface area contributed by atoms with Crippen molar-refractivity contribution in [3.8, 4) is 0 Å². The molecule has 3 N–H and O–H groups in total. The first kappa shape index (κ1) is 19.8. The first-order valence-electron chi connectivity index (χ1n) is 7.49. The first-order chi connectivity index (χ1) is 11.3. The van der Waals surface area contributed by atoms with Gasteiger partial charge in [0.05, 0.1) is 0 Å². The van der Waals surface area contributed by atoms with Crippen molar-refractivity contribution in [1.82, 2.24) is 10.6 Å². The normalized spacial score (nSPS) is 12.8. The highest BCUT2D eigenvalue weighted by atomic mass is 32.1. The Hall–Kier alpha value is -2.28. The van der Waals surface area contributed by atoms with Gasteiger partial charge in [0.2, 0.25) is 11.8 Å². The van der Waals surface area contributed by atoms with Crippen LogP contribution >= 0.6 is 12.6 Å². The Kier molecular flexibility index (Phi) is 8.05. The van der Waals surface area contributed by atoms with Gasteiger partial charge >= 0.3 is 5.97 Å². The minimum Gasteiger partial charge on any atom is -0.480 e. The largest absolute Gasteiger partial charge is 0.480 e. The van der Waals surface area contributed by atoms with Gasteiger partial charge in [-0.2, -0.15) is 12.6 Å². The van der Waals surface area contributed by atoms with Crippen molar-refractivity contribution >= 4 is 30.4 Å². The average molecular weight is 350 g/mol. The molecule has 0 saturated carbocycles. The summed E-state index contributed by atoms with van der Waals surface area (Å²) in [5.41, 5.74) is 1.06. The number of carboxylic acid groups (broad SMARTS) is 1. The van der Waals surface area contributed by atoms with E-state index in [9.17, 15) is 19.5 Å². The fraction of sp³-hybridized carbons (Fsp3) is 0.353. The molecule has 0 aliphatic rings. The molecule has 6 nitrogen and oxygen atoms in total. The van der Waals surface area contributed by atoms with Gasteiger partial charge in [0.15, 0.2) is 0 Å². The molecular weight excluding hydrogens is 328 g/mol. The van der Waals surface area contributed by atoms with Gasteiger partial charge in [-0.1, -0.05) is 36.9 Å². The number of amides is 2. The predicted molar refractivity (Wildman–Crippen MR) is 94.9 cm³/mol. The third-order valence-electron chi connectivity index (χ3n) is 3.32. The average Bonchev–Trinajstić information content (AvgIpc) is 2.54. The van der Waals surface area contributed by atoms with Crippen LogP contribution in [0.5, 0.6) is 0 Å². The summed E-state index contributed by atoms with van der Waals surface area (Å²) in [5.74, 6) is -1.78. The third-order valence-corrected chi connectivity index (χ3v) is 3.58. The Bertz CT molecular complexity index is 604. The number of aliphatic carboxylic acids is 1. The van der Waals surface area contributed by atoms with Crippen LogP contribution in [0.2, 0.25) is 0 Å². The van der Waals surface area contributed by atoms with Gasteiger partial charge in [0.1, 0.15) is 12.1 Å². The Balaban J connectivity index is 2.78. The lowest BCUT2D eigenvalue weighted by molar-refractivity contribution is -0.142. The molecule has 0 radical (unpaired) electrons. The molecule has 1 unspecified atom stereocenters. The summed E-state index contributed by atoms with van der Waals surface area (Å²) in [6.07, 6.45) is 0.440. The fourth-order valence-corrected chi connectivity index (χ4v) is 2.26. The number of carbonyl (C=O) groups excluding carboxylic acids is 2. The van der Waals surface area contributed by atoms with Crippen molar-refractivity contribution in [1.29, 1.82) is 0 Å². The van der Waals surface area contributed by atoms with Crippen molar-refractivity contribution in [3.63, 3.8) is 0 Å². The number of rotatable bonds is 9. The lowest BCUT2D eigenvalue weighted by Crippen LogP contribution is -2.52. The molecule has 2 amide bonds. The van der Waals surface area contributed by atoms with Crippen LogP contribution in [0.3, 0.4) is 0 Å². The Morgan fingerprint density at radius 3 is 2.29 bits per heavy atom. The van der Waals surface area contributed by atoms with Crippen LogP contribution in [0.4, 0.5) is 0 Å². The van der Waals surface area contributed by atoms with Gasteiger partial charge in [-0.05, 0) is 24.7 Å². The van der Waals surface area contributed by atoms with E-state index in [1.807, 2.05) is 6.07 Å². The highest BCUT2D eigenvalue weighted by Crippen LogP contribution is 2.05. The Morgan fingerprint density at radius 1 is 1.17 bits per heavy atom. The lowest BCUT2D eigenvalue weighted by atomic mass is 10.1. The summed E-state index contributed by atoms with van der Waals surface area (Å²) in [7, 11) is 0. The van der Waals surface area contributed by atoms with Gasteiger partial charge in [-0.15, -0.1) is 0 Å². The number of thiol groups is 1. The molecule has 0 bridgehead atoms. The summed E-state index contributed by atoms with van der Waals surface area (Å²) < 4.78 is 0. The van der Waals surface area contributed by atoms with E-state index in [1.54, 1.807) is 24.3 Å². The molecular formula is C17H22N2O4S. The number of hydrogen-bond donors (Lipinski definition) is 4. The SMILES string of the molecule is C=C(C)C(=O)NC(CCS)C(=O)N[C@H](Cc1ccccc1)C(=O)O. The van der Waals surface area contributed by atoms with Crippen LogP contribution < -0.4 is 10.6 Å². The lowest BCUT2D eigenvalue weighted by Gasteiger charge is -2.21. The van der Waals surface area contributed by atoms with Crippen LogP contribution in [0.25, 0.3) is 0 Å². The van der Waals surface area contributed by atoms with E-state index >= 15 is 0 Å². The topological polar surface area (TPSA) is 95.5 Å². The number of benzene rings is 1. The van der Waals surface area contributed by atoms with Crippen molar-refractivity contribution in [2.24, 2.45) is 0 Å². The van der Waals surface area contributed by atoms with Crippen molar-refractivity contribution in [2.75, 3.05) is 5.75 Å². The van der Waals surface area contributed by atoms with Crippen LogP contribution in [0.1, 0.15) is 18.9 Å². The number of hydrogen-bond acceptors (Lipinski definition) is 4. The van der Waals surface area contributed by atoms with Crippen LogP contribution in [0.15, 0.2) is 42.5 Å². The van der Waals surface area contributed by atoms with E-state index in [4.69, 9.17) is 0 Å². The molecule has 2 atom stereocenters. The molecule has 130 valence electrons. The van der Waals surface area contributed by atoms with Crippen molar-refractivity contribution in [2.45, 2.75) is 31.8 Å². The highest BCUT2D eigenvalue weighted by Gasteiger charge is 2.26. The second kappa shape index (κ2) is 9.77. The zero-order chi connectivity index (χ0) is 18.1. The molecule has 0 aliphatic heterocycles. The second-order valence-corrected chi connectivity index (χ2v) is 5.86. The van der Waals surface area contributed by atoms with E-state index in [1.165, 1.54) is 6.92 Å². The first-order valence-corrected chi connectivity index (χ1v) is 8.12. The van der Waals surface area contributed by atoms with E-state index in [-0.39, 0.29) is 18.4 Å². The summed E-state index contributed by atoms with van der Waals surface area (Å²) >= 11 is 4.07. The Morgan fingerprint density at radius 2 is 1.79 bits per heavy atom. The fourth-order valence-electron chi connectivity index (χ4n) is 2.00.